The molecule has 0 amide bonds. The first-order chi connectivity index (χ1) is 7.38. The van der Waals surface area contributed by atoms with Crippen molar-refractivity contribution < 1.29 is 16.8 Å². The fourth-order valence-corrected chi connectivity index (χ4v) is 1.41. The van der Waals surface area contributed by atoms with Crippen molar-refractivity contribution in [2.24, 2.45) is 0 Å². The Morgan fingerprint density at radius 3 is 1.12 bits per heavy atom. The van der Waals surface area contributed by atoms with Crippen molar-refractivity contribution in [2.75, 3.05) is 0 Å². The summed E-state index contributed by atoms with van der Waals surface area (Å²) >= 11 is 0. The van der Waals surface area contributed by atoms with Crippen molar-refractivity contribution in [1.29, 1.82) is 0 Å². The van der Waals surface area contributed by atoms with Gasteiger partial charge in [0.1, 0.15) is 0 Å². The summed E-state index contributed by atoms with van der Waals surface area (Å²) in [5.74, 6) is 0. The summed E-state index contributed by atoms with van der Waals surface area (Å²) in [5.41, 5.74) is 7.34. The van der Waals surface area contributed by atoms with Gasteiger partial charge in [-0.3, -0.25) is 0 Å². The van der Waals surface area contributed by atoms with E-state index >= 15 is 0 Å². The van der Waals surface area contributed by atoms with E-state index in [0.717, 1.165) is 0 Å². The third-order valence-electron chi connectivity index (χ3n) is 2.81. The summed E-state index contributed by atoms with van der Waals surface area (Å²) in [6, 6.07) is 0. The maximum absolute atomic E-state index is 3.25. The van der Waals surface area contributed by atoms with E-state index in [1.54, 1.807) is 0 Å². The molecular weight excluding hydrogens is 251 g/mol. The zero-order valence-corrected chi connectivity index (χ0v) is 12.9. The van der Waals surface area contributed by atoms with Gasteiger partial charge in [-0.15, -0.1) is 0 Å². The summed E-state index contributed by atoms with van der Waals surface area (Å²) in [4.78, 5) is 0. The van der Waals surface area contributed by atoms with E-state index in [4.69, 9.17) is 0 Å². The zero-order chi connectivity index (χ0) is 13.3. The van der Waals surface area contributed by atoms with Gasteiger partial charge in [0.05, 0.1) is 0 Å². The van der Waals surface area contributed by atoms with Gasteiger partial charge < -0.3 is 0 Å². The van der Waals surface area contributed by atoms with Crippen molar-refractivity contribution in [3.05, 3.63) is 67.0 Å². The van der Waals surface area contributed by atoms with Crippen LogP contribution < -0.4 is 0 Å². The van der Waals surface area contributed by atoms with Crippen molar-refractivity contribution in [3.63, 3.8) is 0 Å². The van der Waals surface area contributed by atoms with Gasteiger partial charge in [0, 0.05) is 16.8 Å². The summed E-state index contributed by atoms with van der Waals surface area (Å²) in [6.07, 6.45) is 3.00. The second-order valence-electron chi connectivity index (χ2n) is 3.70. The summed E-state index contributed by atoms with van der Waals surface area (Å²) < 4.78 is 0. The Morgan fingerprint density at radius 1 is 0.882 bits per heavy atom. The van der Waals surface area contributed by atoms with Crippen molar-refractivity contribution >= 4 is 0 Å². The topological polar surface area (TPSA) is 0 Å². The molecule has 101 valence electrons. The van der Waals surface area contributed by atoms with E-state index < -0.39 is 0 Å². The molecule has 17 heavy (non-hydrogen) atoms. The standard InChI is InChI=1S/C10H15.2C3H5.Co/c1-6-7(2)9(4)10(5)8(6)3;2*1-3-2;/h1-5H3;2*3H,1-2H2;/q3*-1;. The monoisotopic (exact) mass is 276 g/mol. The number of allylic oxidation sites excluding steroid dienone is 2. The Bertz CT molecular complexity index is 243. The quantitative estimate of drug-likeness (QED) is 0.588. The first kappa shape index (κ1) is 21.4. The van der Waals surface area contributed by atoms with Gasteiger partial charge in [0.25, 0.3) is 0 Å². The molecule has 0 heterocycles. The van der Waals surface area contributed by atoms with Crippen LogP contribution in [-0.4, -0.2) is 0 Å². The molecule has 0 aliphatic rings. The molecule has 0 saturated carbocycles. The number of hydrogen-bond donors (Lipinski definition) is 0. The average Bonchev–Trinajstić information content (AvgIpc) is 2.39. The van der Waals surface area contributed by atoms with Crippen LogP contribution in [0.5, 0.6) is 0 Å². The van der Waals surface area contributed by atoms with Gasteiger partial charge in [-0.25, -0.2) is 39.2 Å². The Hall–Kier alpha value is -0.924. The smallest absolute Gasteiger partial charge is 0 e. The number of rotatable bonds is 0. The summed E-state index contributed by atoms with van der Waals surface area (Å²) in [5, 5.41) is 0. The van der Waals surface area contributed by atoms with Crippen LogP contribution in [0.2, 0.25) is 0 Å². The molecule has 0 spiro atoms. The Morgan fingerprint density at radius 2 is 1.06 bits per heavy atom. The van der Waals surface area contributed by atoms with Gasteiger partial charge in [0.2, 0.25) is 0 Å². The molecule has 0 saturated heterocycles. The van der Waals surface area contributed by atoms with Crippen LogP contribution >= 0.6 is 0 Å². The predicted molar refractivity (Wildman–Crippen MR) is 76.8 cm³/mol. The molecule has 0 bridgehead atoms. The van der Waals surface area contributed by atoms with Crippen LogP contribution in [0.15, 0.2) is 25.3 Å². The molecule has 0 aliphatic heterocycles. The third-order valence-corrected chi connectivity index (χ3v) is 2.81. The SMILES string of the molecule is C=C[CH2-].C=C[CH2-].Cc1c(C)c(C)[c-](C)c1C.[Co]. The Kier molecular flexibility index (Phi) is 14.5. The van der Waals surface area contributed by atoms with Crippen molar-refractivity contribution in [3.8, 4) is 0 Å². The van der Waals surface area contributed by atoms with Gasteiger partial charge in [-0.2, -0.15) is 27.8 Å². The average molecular weight is 276 g/mol. The normalized spacial score (nSPS) is 7.59. The second-order valence-corrected chi connectivity index (χ2v) is 3.70. The first-order valence-corrected chi connectivity index (χ1v) is 5.38. The van der Waals surface area contributed by atoms with Crippen LogP contribution in [0.1, 0.15) is 27.8 Å². The molecule has 0 N–H and O–H groups in total. The largest absolute Gasteiger partial charge is 0.245 e. The van der Waals surface area contributed by atoms with E-state index in [1.165, 1.54) is 40.0 Å². The van der Waals surface area contributed by atoms with Gasteiger partial charge in [-0.1, -0.05) is 34.6 Å². The fraction of sp³-hybridized carbons (Fsp3) is 0.312. The first-order valence-electron chi connectivity index (χ1n) is 5.38. The van der Waals surface area contributed by atoms with E-state index in [9.17, 15) is 0 Å². The minimum atomic E-state index is 0. The van der Waals surface area contributed by atoms with Gasteiger partial charge >= 0.3 is 0 Å². The molecule has 0 aliphatic carbocycles. The maximum atomic E-state index is 3.25. The molecule has 0 unspecified atom stereocenters. The molecule has 1 rings (SSSR count). The maximum Gasteiger partial charge on any atom is 0 e. The minimum absolute atomic E-state index is 0. The predicted octanol–water partition coefficient (Wildman–Crippen LogP) is 4.96. The molecule has 0 nitrogen and oxygen atoms in total. The van der Waals surface area contributed by atoms with Crippen LogP contribution in [-0.2, 0) is 16.8 Å². The molecule has 1 aromatic rings. The summed E-state index contributed by atoms with van der Waals surface area (Å²) in [7, 11) is 0. The third kappa shape index (κ3) is 7.08. The van der Waals surface area contributed by atoms with Crippen LogP contribution in [0.25, 0.3) is 0 Å². The molecule has 1 aromatic carbocycles. The molecule has 0 fully saturated rings. The molecule has 1 heteroatoms. The fourth-order valence-electron chi connectivity index (χ4n) is 1.41. The minimum Gasteiger partial charge on any atom is -0.245 e. The van der Waals surface area contributed by atoms with Crippen LogP contribution in [0.3, 0.4) is 0 Å². The molecule has 1 radical (unpaired) electrons. The Balaban J connectivity index is -0.000000240. The molecular formula is C16H25Co-3. The van der Waals surface area contributed by atoms with Crippen LogP contribution in [0.4, 0.5) is 0 Å². The Labute approximate surface area is 118 Å². The van der Waals surface area contributed by atoms with Gasteiger partial charge in [0.15, 0.2) is 0 Å². The van der Waals surface area contributed by atoms with Gasteiger partial charge in [-0.05, 0) is 0 Å². The number of hydrogen-bond acceptors (Lipinski definition) is 0. The zero-order valence-electron chi connectivity index (χ0n) is 11.8. The van der Waals surface area contributed by atoms with Crippen molar-refractivity contribution in [2.45, 2.75) is 34.6 Å². The molecule has 0 atom stereocenters. The molecule has 0 aromatic heterocycles. The second kappa shape index (κ2) is 11.6. The van der Waals surface area contributed by atoms with E-state index in [0.29, 0.717) is 0 Å². The summed E-state index contributed by atoms with van der Waals surface area (Å²) in [6.45, 7) is 24.0. The van der Waals surface area contributed by atoms with Crippen molar-refractivity contribution in [1.82, 2.24) is 0 Å². The van der Waals surface area contributed by atoms with E-state index in [2.05, 4.69) is 61.6 Å². The van der Waals surface area contributed by atoms with Crippen LogP contribution in [0, 0.1) is 48.5 Å². The van der Waals surface area contributed by atoms with E-state index in [-0.39, 0.29) is 16.8 Å². The van der Waals surface area contributed by atoms with E-state index in [1.807, 2.05) is 0 Å².